The van der Waals surface area contributed by atoms with Gasteiger partial charge in [0.05, 0.1) is 42.6 Å². The highest BCUT2D eigenvalue weighted by Crippen LogP contribution is 2.41. The molecule has 212 valence electrons. The van der Waals surface area contributed by atoms with Crippen LogP contribution in [0.5, 0.6) is 0 Å². The fourth-order valence-corrected chi connectivity index (χ4v) is 7.05. The third-order valence-corrected chi connectivity index (χ3v) is 9.45. The Morgan fingerprint density at radius 2 is 1.97 bits per heavy atom. The normalized spacial score (nSPS) is 37.8. The first-order valence-electron chi connectivity index (χ1n) is 14.3. The number of aliphatic imine (C=N–C) groups is 1. The van der Waals surface area contributed by atoms with Crippen LogP contribution in [-0.2, 0) is 9.53 Å². The van der Waals surface area contributed by atoms with Gasteiger partial charge in [0.1, 0.15) is 0 Å². The number of alkyl halides is 1. The molecule has 3 fully saturated rings. The lowest BCUT2D eigenvalue weighted by molar-refractivity contribution is -0.121. The van der Waals surface area contributed by atoms with Crippen molar-refractivity contribution in [1.29, 1.82) is 0 Å². The van der Waals surface area contributed by atoms with Crippen LogP contribution < -0.4 is 16.2 Å². The van der Waals surface area contributed by atoms with E-state index >= 15 is 0 Å². The molecular weight excluding hydrogens is 494 g/mol. The smallest absolute Gasteiger partial charge is 0.222 e. The maximum Gasteiger partial charge on any atom is 0.222 e. The number of hydrazine groups is 1. The molecule has 2 aliphatic carbocycles. The zero-order valence-corrected chi connectivity index (χ0v) is 23.7. The molecule has 7 atom stereocenters. The quantitative estimate of drug-likeness (QED) is 0.224. The number of aliphatic hydroxyl groups is 2. The van der Waals surface area contributed by atoms with E-state index in [0.717, 1.165) is 44.9 Å². The summed E-state index contributed by atoms with van der Waals surface area (Å²) < 4.78 is 5.83. The van der Waals surface area contributed by atoms with Gasteiger partial charge in [-0.2, -0.15) is 0 Å². The highest BCUT2D eigenvalue weighted by Gasteiger charge is 2.50. The zero-order valence-electron chi connectivity index (χ0n) is 23.0. The van der Waals surface area contributed by atoms with Crippen LogP contribution in [0.2, 0.25) is 0 Å². The van der Waals surface area contributed by atoms with Crippen molar-refractivity contribution in [2.45, 2.75) is 133 Å². The molecule has 0 aromatic carbocycles. The number of nitrogens with one attached hydrogen (secondary N) is 3. The average Bonchev–Trinajstić information content (AvgIpc) is 3.18. The lowest BCUT2D eigenvalue weighted by atomic mass is 9.72. The van der Waals surface area contributed by atoms with Crippen LogP contribution >= 0.6 is 11.6 Å². The van der Waals surface area contributed by atoms with Crippen molar-refractivity contribution in [1.82, 2.24) is 21.1 Å². The molecule has 2 aliphatic heterocycles. The fourth-order valence-electron chi connectivity index (χ4n) is 6.80. The van der Waals surface area contributed by atoms with Crippen molar-refractivity contribution in [3.63, 3.8) is 0 Å². The van der Waals surface area contributed by atoms with Crippen LogP contribution in [0.15, 0.2) is 4.99 Å². The summed E-state index contributed by atoms with van der Waals surface area (Å²) >= 11 is 6.47. The molecule has 0 aromatic heterocycles. The Morgan fingerprint density at radius 1 is 1.24 bits per heavy atom. The Morgan fingerprint density at radius 3 is 2.65 bits per heavy atom. The summed E-state index contributed by atoms with van der Waals surface area (Å²) in [5.41, 5.74) is 7.01. The number of methoxy groups -OCH3 is 1. The standard InChI is InChI=1S/C27H48ClN5O4/c1-16-31-32-26-21(15-24(35)29-13-5-6-23(34)27(2,3)36)30-25(17-7-9-18(28)10-8-17)20-14-19(37-4)11-12-22(20)33(16)26/h16-23,26,31-32,34,36H,5-15H2,1-4H3,(H,29,35)/t16?,17?,18?,19?,20?,21-,22?,23?,26?/m0/s1. The van der Waals surface area contributed by atoms with Crippen LogP contribution in [0, 0.1) is 11.8 Å². The molecule has 5 N–H and O–H groups in total. The van der Waals surface area contributed by atoms with E-state index in [1.807, 2.05) is 7.11 Å². The van der Waals surface area contributed by atoms with E-state index in [1.54, 1.807) is 13.8 Å². The van der Waals surface area contributed by atoms with E-state index in [9.17, 15) is 15.0 Å². The lowest BCUT2D eigenvalue weighted by Gasteiger charge is -2.44. The lowest BCUT2D eigenvalue weighted by Crippen LogP contribution is -2.55. The summed E-state index contributed by atoms with van der Waals surface area (Å²) in [5.74, 6) is 0.699. The van der Waals surface area contributed by atoms with Gasteiger partial charge in [-0.05, 0) is 84.5 Å². The molecule has 0 aromatic rings. The number of amides is 1. The summed E-state index contributed by atoms with van der Waals surface area (Å²) in [5, 5.41) is 23.3. The van der Waals surface area contributed by atoms with Crippen LogP contribution in [0.4, 0.5) is 0 Å². The number of nitrogens with zero attached hydrogens (tertiary/aromatic N) is 2. The van der Waals surface area contributed by atoms with Gasteiger partial charge in [0, 0.05) is 36.7 Å². The topological polar surface area (TPSA) is 118 Å². The Kier molecular flexibility index (Phi) is 9.92. The SMILES string of the molecule is COC1CCC2C(C1)C(C1CCC(Cl)CC1)=N[C@@H](CC(=O)NCCCC(O)C(C)(C)O)C1NNC(C)N21. The number of ether oxygens (including phenoxy) is 1. The van der Waals surface area contributed by atoms with E-state index in [2.05, 4.69) is 28.0 Å². The molecule has 4 rings (SSSR count). The first kappa shape index (κ1) is 29.2. The van der Waals surface area contributed by atoms with Gasteiger partial charge in [0.15, 0.2) is 0 Å². The van der Waals surface area contributed by atoms with E-state index in [0.29, 0.717) is 43.7 Å². The molecule has 10 heteroatoms. The Hall–Kier alpha value is -0.810. The van der Waals surface area contributed by atoms with Crippen molar-refractivity contribution in [3.05, 3.63) is 0 Å². The minimum atomic E-state index is -1.14. The molecule has 1 amide bonds. The van der Waals surface area contributed by atoms with Gasteiger partial charge in [0.2, 0.25) is 5.91 Å². The van der Waals surface area contributed by atoms with Gasteiger partial charge in [-0.25, -0.2) is 10.9 Å². The Bertz CT molecular complexity index is 800. The maximum atomic E-state index is 13.1. The number of hydrogen-bond donors (Lipinski definition) is 5. The second-order valence-electron chi connectivity index (χ2n) is 12.1. The van der Waals surface area contributed by atoms with Gasteiger partial charge in [-0.15, -0.1) is 11.6 Å². The number of rotatable bonds is 9. The minimum absolute atomic E-state index is 0.0312. The molecule has 0 spiro atoms. The van der Waals surface area contributed by atoms with Crippen molar-refractivity contribution in [3.8, 4) is 0 Å². The van der Waals surface area contributed by atoms with Crippen molar-refractivity contribution in [2.75, 3.05) is 13.7 Å². The van der Waals surface area contributed by atoms with Gasteiger partial charge < -0.3 is 20.3 Å². The highest BCUT2D eigenvalue weighted by molar-refractivity contribution is 6.20. The maximum absolute atomic E-state index is 13.1. The molecule has 6 unspecified atom stereocenters. The molecule has 1 saturated heterocycles. The molecule has 2 saturated carbocycles. The summed E-state index contributed by atoms with van der Waals surface area (Å²) in [7, 11) is 1.81. The summed E-state index contributed by atoms with van der Waals surface area (Å²) in [4.78, 5) is 21.0. The van der Waals surface area contributed by atoms with E-state index in [4.69, 9.17) is 21.3 Å². The van der Waals surface area contributed by atoms with E-state index in [1.165, 1.54) is 5.71 Å². The van der Waals surface area contributed by atoms with Crippen molar-refractivity contribution < 1.29 is 19.7 Å². The monoisotopic (exact) mass is 541 g/mol. The first-order valence-corrected chi connectivity index (χ1v) is 14.7. The number of halogens is 1. The van der Waals surface area contributed by atoms with E-state index < -0.39 is 11.7 Å². The molecule has 4 aliphatic rings. The van der Waals surface area contributed by atoms with Crippen LogP contribution in [-0.4, -0.2) is 88.0 Å². The Labute approximate surface area is 227 Å². The average molecular weight is 542 g/mol. The number of hydrogen-bond acceptors (Lipinski definition) is 8. The van der Waals surface area contributed by atoms with Gasteiger partial charge in [-0.3, -0.25) is 14.7 Å². The van der Waals surface area contributed by atoms with Gasteiger partial charge in [0.25, 0.3) is 0 Å². The summed E-state index contributed by atoms with van der Waals surface area (Å²) in [6.07, 6.45) is 8.08. The summed E-state index contributed by atoms with van der Waals surface area (Å²) in [6.45, 7) is 5.84. The molecule has 2 heterocycles. The highest BCUT2D eigenvalue weighted by atomic mass is 35.5. The fraction of sp³-hybridized carbons (Fsp3) is 0.926. The first-order chi connectivity index (χ1) is 17.6. The molecular formula is C27H48ClN5O4. The van der Waals surface area contributed by atoms with Crippen LogP contribution in [0.25, 0.3) is 0 Å². The largest absolute Gasteiger partial charge is 0.390 e. The predicted molar refractivity (Wildman–Crippen MR) is 145 cm³/mol. The third-order valence-electron chi connectivity index (χ3n) is 9.01. The number of carbonyl (C=O) groups is 1. The van der Waals surface area contributed by atoms with Crippen molar-refractivity contribution in [2.24, 2.45) is 16.8 Å². The third kappa shape index (κ3) is 7.04. The molecule has 37 heavy (non-hydrogen) atoms. The summed E-state index contributed by atoms with van der Waals surface area (Å²) in [6, 6.07) is 0.160. The minimum Gasteiger partial charge on any atom is -0.390 e. The van der Waals surface area contributed by atoms with E-state index in [-0.39, 0.29) is 35.8 Å². The molecule has 0 radical (unpaired) electrons. The van der Waals surface area contributed by atoms with Crippen molar-refractivity contribution >= 4 is 23.2 Å². The van der Waals surface area contributed by atoms with Gasteiger partial charge in [-0.1, -0.05) is 0 Å². The molecule has 9 nitrogen and oxygen atoms in total. The molecule has 0 bridgehead atoms. The number of aliphatic hydroxyl groups excluding tert-OH is 1. The second-order valence-corrected chi connectivity index (χ2v) is 12.8. The number of carbonyl (C=O) groups excluding carboxylic acids is 1. The number of fused-ring (bicyclic) bond motifs is 3. The second kappa shape index (κ2) is 12.6. The predicted octanol–water partition coefficient (Wildman–Crippen LogP) is 2.29. The van der Waals surface area contributed by atoms with Crippen LogP contribution in [0.3, 0.4) is 0 Å². The van der Waals surface area contributed by atoms with Crippen LogP contribution in [0.1, 0.15) is 85.0 Å². The van der Waals surface area contributed by atoms with Gasteiger partial charge >= 0.3 is 0 Å². The zero-order chi connectivity index (χ0) is 26.7. The Balaban J connectivity index is 1.50.